The SMILES string of the molecule is COc1cc(/C=C2\C(=O)NC(=O)N(c3ccc(Cl)cc3)C2=O)ccc1OCc1ccc(Cl)cc1. The topological polar surface area (TPSA) is 84.9 Å². The van der Waals surface area contributed by atoms with Gasteiger partial charge in [-0.3, -0.25) is 14.9 Å². The lowest BCUT2D eigenvalue weighted by Gasteiger charge is -2.26. The second-order valence-corrected chi connectivity index (χ2v) is 8.13. The minimum absolute atomic E-state index is 0.202. The van der Waals surface area contributed by atoms with Crippen molar-refractivity contribution < 1.29 is 23.9 Å². The number of nitrogens with zero attached hydrogens (tertiary/aromatic N) is 1. The third-order valence-electron chi connectivity index (χ3n) is 4.99. The van der Waals surface area contributed by atoms with Gasteiger partial charge in [0.25, 0.3) is 11.8 Å². The Morgan fingerprint density at radius 3 is 2.18 bits per heavy atom. The van der Waals surface area contributed by atoms with Gasteiger partial charge >= 0.3 is 6.03 Å². The van der Waals surface area contributed by atoms with Gasteiger partial charge in [0.15, 0.2) is 11.5 Å². The van der Waals surface area contributed by atoms with Gasteiger partial charge in [-0.15, -0.1) is 0 Å². The van der Waals surface area contributed by atoms with E-state index in [0.29, 0.717) is 33.7 Å². The summed E-state index contributed by atoms with van der Waals surface area (Å²) in [5.74, 6) is -0.644. The van der Waals surface area contributed by atoms with E-state index in [9.17, 15) is 14.4 Å². The van der Waals surface area contributed by atoms with Crippen LogP contribution in [0.5, 0.6) is 11.5 Å². The predicted molar refractivity (Wildman–Crippen MR) is 129 cm³/mol. The first-order valence-corrected chi connectivity index (χ1v) is 10.8. The van der Waals surface area contributed by atoms with Crippen LogP contribution in [0.15, 0.2) is 72.3 Å². The maximum absolute atomic E-state index is 13.0. The molecule has 0 aliphatic carbocycles. The highest BCUT2D eigenvalue weighted by Gasteiger charge is 2.36. The molecule has 1 aliphatic rings. The molecule has 0 saturated carbocycles. The van der Waals surface area contributed by atoms with E-state index in [1.807, 2.05) is 12.1 Å². The molecule has 1 aliphatic heterocycles. The molecule has 4 amide bonds. The van der Waals surface area contributed by atoms with Crippen LogP contribution in [-0.2, 0) is 16.2 Å². The molecule has 1 fully saturated rings. The number of nitrogens with one attached hydrogen (secondary N) is 1. The molecule has 3 aromatic rings. The number of anilines is 1. The highest BCUT2D eigenvalue weighted by Crippen LogP contribution is 2.31. The minimum atomic E-state index is -0.835. The van der Waals surface area contributed by atoms with Crippen LogP contribution in [0.1, 0.15) is 11.1 Å². The summed E-state index contributed by atoms with van der Waals surface area (Å²) < 4.78 is 11.3. The number of carbonyl (C=O) groups is 3. The fourth-order valence-electron chi connectivity index (χ4n) is 3.28. The molecular weight excluding hydrogens is 479 g/mol. The molecule has 1 heterocycles. The number of ether oxygens (including phenoxy) is 2. The van der Waals surface area contributed by atoms with E-state index < -0.39 is 17.8 Å². The lowest BCUT2D eigenvalue weighted by Crippen LogP contribution is -2.54. The zero-order chi connectivity index (χ0) is 24.2. The smallest absolute Gasteiger partial charge is 0.335 e. The molecular formula is C25H18Cl2N2O5. The largest absolute Gasteiger partial charge is 0.493 e. The first-order chi connectivity index (χ1) is 16.4. The van der Waals surface area contributed by atoms with Crippen LogP contribution in [0, 0.1) is 0 Å². The summed E-state index contributed by atoms with van der Waals surface area (Å²) in [4.78, 5) is 38.6. The maximum atomic E-state index is 13.0. The van der Waals surface area contributed by atoms with E-state index in [1.54, 1.807) is 42.5 Å². The number of halogens is 2. The number of hydrogen-bond donors (Lipinski definition) is 1. The van der Waals surface area contributed by atoms with Gasteiger partial charge in [-0.05, 0) is 65.7 Å². The van der Waals surface area contributed by atoms with Gasteiger partial charge in [-0.2, -0.15) is 0 Å². The molecule has 9 heteroatoms. The quantitative estimate of drug-likeness (QED) is 0.372. The first-order valence-electron chi connectivity index (χ1n) is 10.1. The molecule has 1 saturated heterocycles. The number of urea groups is 1. The number of rotatable bonds is 6. The fraction of sp³-hybridized carbons (Fsp3) is 0.0800. The van der Waals surface area contributed by atoms with E-state index >= 15 is 0 Å². The van der Waals surface area contributed by atoms with Crippen LogP contribution >= 0.6 is 23.2 Å². The van der Waals surface area contributed by atoms with Crippen molar-refractivity contribution in [2.45, 2.75) is 6.61 Å². The maximum Gasteiger partial charge on any atom is 0.335 e. The minimum Gasteiger partial charge on any atom is -0.493 e. The van der Waals surface area contributed by atoms with Crippen molar-refractivity contribution in [3.63, 3.8) is 0 Å². The standard InChI is InChI=1S/C25H18Cl2N2O5/c1-33-22-13-16(4-11-21(22)34-14-15-2-5-17(26)6-3-15)12-20-23(30)28-25(32)29(24(20)31)19-9-7-18(27)8-10-19/h2-13H,14H2,1H3,(H,28,30,32)/b20-12+. The van der Waals surface area contributed by atoms with Crippen molar-refractivity contribution >= 4 is 52.8 Å². The van der Waals surface area contributed by atoms with E-state index in [2.05, 4.69) is 5.32 Å². The molecule has 0 aromatic heterocycles. The third-order valence-corrected chi connectivity index (χ3v) is 5.50. The highest BCUT2D eigenvalue weighted by molar-refractivity contribution is 6.39. The van der Waals surface area contributed by atoms with Crippen molar-refractivity contribution in [1.29, 1.82) is 0 Å². The van der Waals surface area contributed by atoms with Crippen LogP contribution < -0.4 is 19.7 Å². The van der Waals surface area contributed by atoms with Crippen molar-refractivity contribution in [2.24, 2.45) is 0 Å². The monoisotopic (exact) mass is 496 g/mol. The lowest BCUT2D eigenvalue weighted by atomic mass is 10.1. The summed E-state index contributed by atoms with van der Waals surface area (Å²) in [6.07, 6.45) is 1.39. The zero-order valence-corrected chi connectivity index (χ0v) is 19.4. The average molecular weight is 497 g/mol. The summed E-state index contributed by atoms with van der Waals surface area (Å²) in [7, 11) is 1.49. The summed E-state index contributed by atoms with van der Waals surface area (Å²) in [6, 6.07) is 17.5. The van der Waals surface area contributed by atoms with E-state index in [0.717, 1.165) is 10.5 Å². The molecule has 3 aromatic carbocycles. The molecule has 1 N–H and O–H groups in total. The van der Waals surface area contributed by atoms with Gasteiger partial charge in [-0.1, -0.05) is 41.4 Å². The molecule has 34 heavy (non-hydrogen) atoms. The molecule has 7 nitrogen and oxygen atoms in total. The Balaban J connectivity index is 1.58. The van der Waals surface area contributed by atoms with Crippen molar-refractivity contribution in [2.75, 3.05) is 12.0 Å². The van der Waals surface area contributed by atoms with Crippen LogP contribution in [0.2, 0.25) is 10.0 Å². The van der Waals surface area contributed by atoms with Crippen LogP contribution in [0.4, 0.5) is 10.5 Å². The van der Waals surface area contributed by atoms with Crippen LogP contribution in [0.3, 0.4) is 0 Å². The summed E-state index contributed by atoms with van der Waals surface area (Å²) >= 11 is 11.8. The van der Waals surface area contributed by atoms with E-state index in [4.69, 9.17) is 32.7 Å². The van der Waals surface area contributed by atoms with Gasteiger partial charge in [-0.25, -0.2) is 9.69 Å². The van der Waals surface area contributed by atoms with Crippen molar-refractivity contribution in [1.82, 2.24) is 5.32 Å². The second-order valence-electron chi connectivity index (χ2n) is 7.26. The Labute approximate surface area is 205 Å². The summed E-state index contributed by atoms with van der Waals surface area (Å²) in [5, 5.41) is 3.27. The summed E-state index contributed by atoms with van der Waals surface area (Å²) in [6.45, 7) is 0.299. The number of amides is 4. The fourth-order valence-corrected chi connectivity index (χ4v) is 3.54. The van der Waals surface area contributed by atoms with Gasteiger partial charge in [0.05, 0.1) is 12.8 Å². The Morgan fingerprint density at radius 2 is 1.53 bits per heavy atom. The molecule has 0 unspecified atom stereocenters. The van der Waals surface area contributed by atoms with Crippen molar-refractivity contribution in [3.05, 3.63) is 93.5 Å². The van der Waals surface area contributed by atoms with Gasteiger partial charge in [0.2, 0.25) is 0 Å². The van der Waals surface area contributed by atoms with Crippen molar-refractivity contribution in [3.8, 4) is 11.5 Å². The van der Waals surface area contributed by atoms with Gasteiger partial charge < -0.3 is 9.47 Å². The Bertz CT molecular complexity index is 1290. The molecule has 4 rings (SSSR count). The number of methoxy groups -OCH3 is 1. The third kappa shape index (κ3) is 5.06. The molecule has 0 radical (unpaired) electrons. The number of imide groups is 2. The second kappa shape index (κ2) is 9.99. The number of hydrogen-bond acceptors (Lipinski definition) is 5. The molecule has 0 bridgehead atoms. The lowest BCUT2D eigenvalue weighted by molar-refractivity contribution is -0.122. The number of carbonyl (C=O) groups excluding carboxylic acids is 3. The molecule has 0 spiro atoms. The number of barbiturate groups is 1. The Morgan fingerprint density at radius 1 is 0.882 bits per heavy atom. The number of benzene rings is 3. The van der Waals surface area contributed by atoms with E-state index in [-0.39, 0.29) is 11.3 Å². The van der Waals surface area contributed by atoms with Crippen LogP contribution in [-0.4, -0.2) is 25.0 Å². The normalized spacial score (nSPS) is 14.9. The van der Waals surface area contributed by atoms with Gasteiger partial charge in [0.1, 0.15) is 12.2 Å². The van der Waals surface area contributed by atoms with E-state index in [1.165, 1.54) is 25.3 Å². The molecule has 0 atom stereocenters. The zero-order valence-electron chi connectivity index (χ0n) is 17.9. The predicted octanol–water partition coefficient (Wildman–Crippen LogP) is 5.25. The molecule has 172 valence electrons. The summed E-state index contributed by atoms with van der Waals surface area (Å²) in [5.41, 5.74) is 1.52. The highest BCUT2D eigenvalue weighted by atomic mass is 35.5. The Hall–Kier alpha value is -3.81. The average Bonchev–Trinajstić information content (AvgIpc) is 2.83. The van der Waals surface area contributed by atoms with Crippen LogP contribution in [0.25, 0.3) is 6.08 Å². The first kappa shape index (κ1) is 23.4. The van der Waals surface area contributed by atoms with Gasteiger partial charge in [0, 0.05) is 10.0 Å². The Kier molecular flexibility index (Phi) is 6.86.